The van der Waals surface area contributed by atoms with Gasteiger partial charge in [0.2, 0.25) is 0 Å². The molecule has 7 heteroatoms. The summed E-state index contributed by atoms with van der Waals surface area (Å²) in [5.41, 5.74) is 3.48. The molecule has 0 radical (unpaired) electrons. The lowest BCUT2D eigenvalue weighted by atomic mass is 9.99. The average Bonchev–Trinajstić information content (AvgIpc) is 2.73. The second-order valence-corrected chi connectivity index (χ2v) is 6.63. The minimum absolute atomic E-state index is 0. The fourth-order valence-corrected chi connectivity index (χ4v) is 2.99. The van der Waals surface area contributed by atoms with Gasteiger partial charge in [0.15, 0.2) is 5.96 Å². The molecule has 2 rings (SSSR count). The van der Waals surface area contributed by atoms with Gasteiger partial charge >= 0.3 is 0 Å². The first-order chi connectivity index (χ1) is 13.5. The van der Waals surface area contributed by atoms with E-state index in [2.05, 4.69) is 53.7 Å². The van der Waals surface area contributed by atoms with E-state index in [4.69, 9.17) is 14.2 Å². The van der Waals surface area contributed by atoms with Crippen LogP contribution in [0.5, 0.6) is 17.2 Å². The summed E-state index contributed by atoms with van der Waals surface area (Å²) in [7, 11) is 6.64. The standard InChI is InChI=1S/C22H31N3O3.HI/c1-15-8-7-9-17(10-15)16(2)13-24-22(23-3)25-14-19-20(27-5)11-18(26-4)12-21(19)28-6;/h7-12,16H,13-14H2,1-6H3,(H2,23,24,25);1H. The number of nitrogens with one attached hydrogen (secondary N) is 2. The molecular weight excluding hydrogens is 481 g/mol. The smallest absolute Gasteiger partial charge is 0.191 e. The van der Waals surface area contributed by atoms with Crippen LogP contribution in [0.25, 0.3) is 0 Å². The molecule has 160 valence electrons. The molecule has 0 bridgehead atoms. The molecule has 2 N–H and O–H groups in total. The van der Waals surface area contributed by atoms with Gasteiger partial charge in [0.25, 0.3) is 0 Å². The molecule has 0 aliphatic rings. The Kier molecular flexibility index (Phi) is 10.6. The SMILES string of the molecule is CN=C(NCc1c(OC)cc(OC)cc1OC)NCC(C)c1cccc(C)c1.I. The number of aryl methyl sites for hydroxylation is 1. The lowest BCUT2D eigenvalue weighted by molar-refractivity contribution is 0.368. The Bertz CT molecular complexity index is 787. The Hall–Kier alpha value is -2.16. The van der Waals surface area contributed by atoms with Crippen molar-refractivity contribution in [2.24, 2.45) is 4.99 Å². The summed E-state index contributed by atoms with van der Waals surface area (Å²) in [6.45, 7) is 5.60. The minimum atomic E-state index is 0. The number of hydrogen-bond donors (Lipinski definition) is 2. The molecule has 0 spiro atoms. The molecule has 0 heterocycles. The largest absolute Gasteiger partial charge is 0.496 e. The van der Waals surface area contributed by atoms with Gasteiger partial charge in [-0.25, -0.2) is 0 Å². The maximum absolute atomic E-state index is 5.50. The Morgan fingerprint density at radius 1 is 1.00 bits per heavy atom. The third-order valence-electron chi connectivity index (χ3n) is 4.66. The van der Waals surface area contributed by atoms with E-state index in [-0.39, 0.29) is 24.0 Å². The highest BCUT2D eigenvalue weighted by atomic mass is 127. The monoisotopic (exact) mass is 513 g/mol. The summed E-state index contributed by atoms with van der Waals surface area (Å²) >= 11 is 0. The van der Waals surface area contributed by atoms with Crippen molar-refractivity contribution in [3.05, 3.63) is 53.1 Å². The fourth-order valence-electron chi connectivity index (χ4n) is 2.99. The van der Waals surface area contributed by atoms with E-state index in [1.54, 1.807) is 28.4 Å². The van der Waals surface area contributed by atoms with Crippen LogP contribution in [0.4, 0.5) is 0 Å². The van der Waals surface area contributed by atoms with Crippen molar-refractivity contribution in [3.63, 3.8) is 0 Å². The fraction of sp³-hybridized carbons (Fsp3) is 0.409. The summed E-state index contributed by atoms with van der Waals surface area (Å²) in [6, 6.07) is 12.3. The van der Waals surface area contributed by atoms with Crippen molar-refractivity contribution < 1.29 is 14.2 Å². The van der Waals surface area contributed by atoms with Crippen LogP contribution in [0.3, 0.4) is 0 Å². The summed E-state index contributed by atoms with van der Waals surface area (Å²) in [5.74, 6) is 3.18. The average molecular weight is 513 g/mol. The Labute approximate surface area is 191 Å². The van der Waals surface area contributed by atoms with Gasteiger partial charge in [0.05, 0.1) is 33.4 Å². The lowest BCUT2D eigenvalue weighted by Gasteiger charge is -2.19. The van der Waals surface area contributed by atoms with E-state index >= 15 is 0 Å². The number of guanidine groups is 1. The second kappa shape index (κ2) is 12.4. The first-order valence-corrected chi connectivity index (χ1v) is 9.32. The Balaban J connectivity index is 0.00000420. The molecule has 1 atom stereocenters. The predicted molar refractivity (Wildman–Crippen MR) is 129 cm³/mol. The van der Waals surface area contributed by atoms with Gasteiger partial charge in [0.1, 0.15) is 17.2 Å². The number of rotatable bonds is 8. The number of ether oxygens (including phenoxy) is 3. The van der Waals surface area contributed by atoms with Crippen molar-refractivity contribution in [2.45, 2.75) is 26.3 Å². The third kappa shape index (κ3) is 6.99. The van der Waals surface area contributed by atoms with Crippen molar-refractivity contribution >= 4 is 29.9 Å². The molecule has 0 saturated heterocycles. The maximum atomic E-state index is 5.50. The molecule has 29 heavy (non-hydrogen) atoms. The summed E-state index contributed by atoms with van der Waals surface area (Å²) in [6.07, 6.45) is 0. The normalized spacial score (nSPS) is 11.9. The summed E-state index contributed by atoms with van der Waals surface area (Å²) in [5, 5.41) is 6.72. The van der Waals surface area contributed by atoms with E-state index in [9.17, 15) is 0 Å². The first kappa shape index (κ1) is 24.9. The Morgan fingerprint density at radius 3 is 2.17 bits per heavy atom. The molecule has 0 aromatic heterocycles. The molecule has 0 aliphatic carbocycles. The van der Waals surface area contributed by atoms with E-state index in [1.165, 1.54) is 11.1 Å². The van der Waals surface area contributed by atoms with Crippen LogP contribution in [0.2, 0.25) is 0 Å². The molecular formula is C22H32IN3O3. The lowest BCUT2D eigenvalue weighted by Crippen LogP contribution is -2.38. The van der Waals surface area contributed by atoms with Gasteiger partial charge in [-0.1, -0.05) is 36.8 Å². The molecule has 2 aromatic carbocycles. The van der Waals surface area contributed by atoms with Gasteiger partial charge in [-0.2, -0.15) is 0 Å². The highest BCUT2D eigenvalue weighted by Crippen LogP contribution is 2.33. The van der Waals surface area contributed by atoms with Crippen LogP contribution in [0.1, 0.15) is 29.5 Å². The van der Waals surface area contributed by atoms with Gasteiger partial charge in [0, 0.05) is 25.7 Å². The highest BCUT2D eigenvalue weighted by Gasteiger charge is 2.14. The van der Waals surface area contributed by atoms with Crippen LogP contribution in [0.15, 0.2) is 41.4 Å². The maximum Gasteiger partial charge on any atom is 0.191 e. The molecule has 0 fully saturated rings. The zero-order valence-corrected chi connectivity index (χ0v) is 20.4. The molecule has 2 aromatic rings. The van der Waals surface area contributed by atoms with Gasteiger partial charge in [-0.05, 0) is 18.4 Å². The van der Waals surface area contributed by atoms with Crippen LogP contribution in [0, 0.1) is 6.92 Å². The third-order valence-corrected chi connectivity index (χ3v) is 4.66. The van der Waals surface area contributed by atoms with Crippen molar-refractivity contribution in [2.75, 3.05) is 34.9 Å². The zero-order chi connectivity index (χ0) is 20.5. The Morgan fingerprint density at radius 2 is 1.66 bits per heavy atom. The predicted octanol–water partition coefficient (Wildman–Crippen LogP) is 4.11. The van der Waals surface area contributed by atoms with Gasteiger partial charge < -0.3 is 24.8 Å². The number of benzene rings is 2. The van der Waals surface area contributed by atoms with Gasteiger partial charge in [-0.15, -0.1) is 24.0 Å². The van der Waals surface area contributed by atoms with Crippen LogP contribution in [-0.2, 0) is 6.54 Å². The quantitative estimate of drug-likeness (QED) is 0.316. The number of hydrogen-bond acceptors (Lipinski definition) is 4. The molecule has 6 nitrogen and oxygen atoms in total. The van der Waals surface area contributed by atoms with Crippen LogP contribution in [-0.4, -0.2) is 40.9 Å². The summed E-state index contributed by atoms with van der Waals surface area (Å²) < 4.78 is 16.3. The number of nitrogens with zero attached hydrogens (tertiary/aromatic N) is 1. The van der Waals surface area contributed by atoms with Crippen LogP contribution < -0.4 is 24.8 Å². The van der Waals surface area contributed by atoms with E-state index in [1.807, 2.05) is 12.1 Å². The summed E-state index contributed by atoms with van der Waals surface area (Å²) in [4.78, 5) is 4.32. The van der Waals surface area contributed by atoms with Crippen molar-refractivity contribution in [1.29, 1.82) is 0 Å². The van der Waals surface area contributed by atoms with E-state index < -0.39 is 0 Å². The molecule has 0 aliphatic heterocycles. The number of methoxy groups -OCH3 is 3. The van der Waals surface area contributed by atoms with E-state index in [0.717, 1.165) is 18.1 Å². The van der Waals surface area contributed by atoms with Crippen LogP contribution >= 0.6 is 24.0 Å². The number of aliphatic imine (C=N–C) groups is 1. The minimum Gasteiger partial charge on any atom is -0.496 e. The first-order valence-electron chi connectivity index (χ1n) is 9.32. The van der Waals surface area contributed by atoms with Gasteiger partial charge in [-0.3, -0.25) is 4.99 Å². The van der Waals surface area contributed by atoms with Crippen molar-refractivity contribution in [3.8, 4) is 17.2 Å². The molecule has 0 amide bonds. The highest BCUT2D eigenvalue weighted by molar-refractivity contribution is 14.0. The molecule has 0 saturated carbocycles. The zero-order valence-electron chi connectivity index (χ0n) is 18.0. The molecule has 1 unspecified atom stereocenters. The van der Waals surface area contributed by atoms with Crippen molar-refractivity contribution in [1.82, 2.24) is 10.6 Å². The number of halogens is 1. The topological polar surface area (TPSA) is 64.1 Å². The van der Waals surface area contributed by atoms with E-state index in [0.29, 0.717) is 29.7 Å². The second-order valence-electron chi connectivity index (χ2n) is 6.63.